The van der Waals surface area contributed by atoms with Crippen LogP contribution in [0.4, 0.5) is 0 Å². The highest BCUT2D eigenvalue weighted by atomic mass is 35.5. The van der Waals surface area contributed by atoms with Crippen molar-refractivity contribution in [2.75, 3.05) is 7.11 Å². The third kappa shape index (κ3) is 1.99. The number of halogens is 1. The Hall–Kier alpha value is -1.85. The van der Waals surface area contributed by atoms with Crippen molar-refractivity contribution in [1.29, 1.82) is 0 Å². The van der Waals surface area contributed by atoms with E-state index in [1.807, 2.05) is 23.6 Å². The summed E-state index contributed by atoms with van der Waals surface area (Å²) in [6.45, 7) is 1.95. The third-order valence-electron chi connectivity index (χ3n) is 3.18. The largest absolute Gasteiger partial charge is 0.495 e. The third-order valence-corrected chi connectivity index (χ3v) is 3.88. The molecule has 0 unspecified atom stereocenters. The van der Waals surface area contributed by atoms with E-state index in [9.17, 15) is 0 Å². The lowest BCUT2D eigenvalue weighted by Gasteiger charge is -2.12. The molecule has 3 aromatic rings. The number of nitrogens with one attached hydrogen (secondary N) is 1. The van der Waals surface area contributed by atoms with Gasteiger partial charge in [-0.3, -0.25) is 9.55 Å². The number of aromatic amines is 1. The first-order valence-corrected chi connectivity index (χ1v) is 6.79. The Balaban J connectivity index is 2.39. The number of hydrogen-bond acceptors (Lipinski definition) is 3. The molecule has 0 atom stereocenters. The van der Waals surface area contributed by atoms with Gasteiger partial charge in [0.15, 0.2) is 4.77 Å². The molecule has 0 fully saturated rings. The molecule has 0 spiro atoms. The molecule has 6 heteroatoms. The monoisotopic (exact) mass is 305 g/mol. The van der Waals surface area contributed by atoms with Crippen LogP contribution in [0.2, 0.25) is 5.02 Å². The van der Waals surface area contributed by atoms with Crippen LogP contribution in [0.1, 0.15) is 5.56 Å². The number of pyridine rings is 1. The molecule has 0 aliphatic heterocycles. The highest BCUT2D eigenvalue weighted by Gasteiger charge is 2.13. The van der Waals surface area contributed by atoms with Crippen LogP contribution in [0.3, 0.4) is 0 Å². The number of methoxy groups -OCH3 is 1. The van der Waals surface area contributed by atoms with Crippen molar-refractivity contribution in [1.82, 2.24) is 14.5 Å². The van der Waals surface area contributed by atoms with Gasteiger partial charge in [-0.1, -0.05) is 11.6 Å². The topological polar surface area (TPSA) is 42.8 Å². The molecular weight excluding hydrogens is 294 g/mol. The van der Waals surface area contributed by atoms with E-state index in [0.29, 0.717) is 15.5 Å². The molecule has 4 nitrogen and oxygen atoms in total. The first-order chi connectivity index (χ1) is 9.61. The minimum absolute atomic E-state index is 0.591. The minimum atomic E-state index is 0.591. The van der Waals surface area contributed by atoms with Crippen LogP contribution in [-0.2, 0) is 0 Å². The quantitative estimate of drug-likeness (QED) is 0.726. The summed E-state index contributed by atoms with van der Waals surface area (Å²) in [4.78, 5) is 7.23. The van der Waals surface area contributed by atoms with Crippen molar-refractivity contribution in [3.8, 4) is 11.4 Å². The van der Waals surface area contributed by atoms with Gasteiger partial charge in [-0.15, -0.1) is 0 Å². The van der Waals surface area contributed by atoms with Crippen LogP contribution in [0.5, 0.6) is 5.75 Å². The van der Waals surface area contributed by atoms with Crippen molar-refractivity contribution < 1.29 is 4.74 Å². The zero-order valence-electron chi connectivity index (χ0n) is 11.0. The van der Waals surface area contributed by atoms with Gasteiger partial charge >= 0.3 is 0 Å². The molecule has 0 amide bonds. The smallest absolute Gasteiger partial charge is 0.182 e. The Kier molecular flexibility index (Phi) is 3.23. The molecule has 2 heterocycles. The summed E-state index contributed by atoms with van der Waals surface area (Å²) in [5.74, 6) is 0.675. The molecule has 1 aromatic carbocycles. The molecule has 20 heavy (non-hydrogen) atoms. The Morgan fingerprint density at radius 3 is 2.95 bits per heavy atom. The maximum atomic E-state index is 6.15. The molecule has 1 N–H and O–H groups in total. The zero-order chi connectivity index (χ0) is 14.3. The van der Waals surface area contributed by atoms with Crippen molar-refractivity contribution in [2.45, 2.75) is 6.92 Å². The summed E-state index contributed by atoms with van der Waals surface area (Å²) >= 11 is 11.6. The van der Waals surface area contributed by atoms with Gasteiger partial charge in [0.1, 0.15) is 5.75 Å². The molecule has 0 aliphatic rings. The number of H-pyrrole nitrogens is 1. The first kappa shape index (κ1) is 13.1. The Morgan fingerprint density at radius 2 is 2.20 bits per heavy atom. The van der Waals surface area contributed by atoms with Gasteiger partial charge < -0.3 is 9.72 Å². The average Bonchev–Trinajstić information content (AvgIpc) is 2.77. The molecule has 0 saturated heterocycles. The van der Waals surface area contributed by atoms with Gasteiger partial charge in [-0.05, 0) is 36.8 Å². The fourth-order valence-corrected chi connectivity index (χ4v) is 2.64. The molecule has 3 rings (SSSR count). The van der Waals surface area contributed by atoms with Gasteiger partial charge in [0.25, 0.3) is 0 Å². The molecular formula is C14H12ClN3OS. The number of rotatable bonds is 2. The maximum Gasteiger partial charge on any atom is 0.182 e. The van der Waals surface area contributed by atoms with E-state index >= 15 is 0 Å². The predicted octanol–water partition coefficient (Wildman–Crippen LogP) is 4.05. The van der Waals surface area contributed by atoms with E-state index in [0.717, 1.165) is 22.3 Å². The second kappa shape index (κ2) is 4.92. The Labute approximate surface area is 126 Å². The van der Waals surface area contributed by atoms with Crippen LogP contribution < -0.4 is 4.74 Å². The molecule has 2 aromatic heterocycles. The predicted molar refractivity (Wildman–Crippen MR) is 82.6 cm³/mol. The number of nitrogens with zero attached hydrogens (tertiary/aromatic N) is 2. The number of hydrogen-bond donors (Lipinski definition) is 1. The molecule has 0 aliphatic carbocycles. The standard InChI is InChI=1S/C14H12ClN3OS/c1-8-5-12(13(19-2)6-9(8)15)18-11-3-4-16-7-10(11)17-14(18)20/h3-7H,1-2H3,(H,17,20). The van der Waals surface area contributed by atoms with E-state index in [1.54, 1.807) is 25.6 Å². The van der Waals surface area contributed by atoms with Gasteiger partial charge in [0.2, 0.25) is 0 Å². The number of fused-ring (bicyclic) bond motifs is 1. The van der Waals surface area contributed by atoms with Gasteiger partial charge in [-0.2, -0.15) is 0 Å². The second-order valence-corrected chi connectivity index (χ2v) is 5.23. The van der Waals surface area contributed by atoms with E-state index < -0.39 is 0 Å². The lowest BCUT2D eigenvalue weighted by atomic mass is 10.2. The van der Waals surface area contributed by atoms with Gasteiger partial charge in [0.05, 0.1) is 30.0 Å². The fraction of sp³-hybridized carbons (Fsp3) is 0.143. The lowest BCUT2D eigenvalue weighted by Crippen LogP contribution is -1.99. The first-order valence-electron chi connectivity index (χ1n) is 6.01. The SMILES string of the molecule is COc1cc(Cl)c(C)cc1-n1c(=S)[nH]c2cnccc21. The molecule has 102 valence electrons. The fourth-order valence-electron chi connectivity index (χ4n) is 2.18. The number of aromatic nitrogens is 3. The van der Waals surface area contributed by atoms with Crippen LogP contribution in [0.15, 0.2) is 30.6 Å². The van der Waals surface area contributed by atoms with Gasteiger partial charge in [0, 0.05) is 17.3 Å². The van der Waals surface area contributed by atoms with Crippen LogP contribution >= 0.6 is 23.8 Å². The van der Waals surface area contributed by atoms with Gasteiger partial charge in [-0.25, -0.2) is 0 Å². The van der Waals surface area contributed by atoms with Crippen molar-refractivity contribution in [3.63, 3.8) is 0 Å². The van der Waals surface area contributed by atoms with Crippen LogP contribution in [-0.4, -0.2) is 21.6 Å². The van der Waals surface area contributed by atoms with Crippen molar-refractivity contribution in [2.24, 2.45) is 0 Å². The molecule has 0 saturated carbocycles. The lowest BCUT2D eigenvalue weighted by molar-refractivity contribution is 0.413. The van der Waals surface area contributed by atoms with Crippen LogP contribution in [0, 0.1) is 11.7 Å². The number of ether oxygens (including phenoxy) is 1. The van der Waals surface area contributed by atoms with E-state index in [-0.39, 0.29) is 0 Å². The highest BCUT2D eigenvalue weighted by molar-refractivity contribution is 7.71. The summed E-state index contributed by atoms with van der Waals surface area (Å²) in [6.07, 6.45) is 3.48. The van der Waals surface area contributed by atoms with Crippen LogP contribution in [0.25, 0.3) is 16.7 Å². The highest BCUT2D eigenvalue weighted by Crippen LogP contribution is 2.31. The van der Waals surface area contributed by atoms with Crippen molar-refractivity contribution in [3.05, 3.63) is 45.9 Å². The second-order valence-electron chi connectivity index (χ2n) is 4.43. The van der Waals surface area contributed by atoms with Crippen molar-refractivity contribution >= 4 is 34.9 Å². The Bertz CT molecular complexity index is 853. The normalized spacial score (nSPS) is 10.9. The molecule has 0 bridgehead atoms. The summed E-state index contributed by atoms with van der Waals surface area (Å²) in [6, 6.07) is 5.67. The average molecular weight is 306 g/mol. The van der Waals surface area contributed by atoms with E-state index in [2.05, 4.69) is 9.97 Å². The summed E-state index contributed by atoms with van der Waals surface area (Å²) in [5.41, 5.74) is 3.65. The summed E-state index contributed by atoms with van der Waals surface area (Å²) in [5, 5.41) is 0.665. The van der Waals surface area contributed by atoms with E-state index in [4.69, 9.17) is 28.6 Å². The van der Waals surface area contributed by atoms with E-state index in [1.165, 1.54) is 0 Å². The minimum Gasteiger partial charge on any atom is -0.495 e. The number of benzene rings is 1. The zero-order valence-corrected chi connectivity index (χ0v) is 12.5. The maximum absolute atomic E-state index is 6.15. The number of aryl methyl sites for hydroxylation is 1. The number of imidazole rings is 1. The molecule has 0 radical (unpaired) electrons. The Morgan fingerprint density at radius 1 is 1.40 bits per heavy atom. The summed E-state index contributed by atoms with van der Waals surface area (Å²) < 4.78 is 7.94. The summed E-state index contributed by atoms with van der Waals surface area (Å²) in [7, 11) is 1.62.